The van der Waals surface area contributed by atoms with E-state index >= 15 is 0 Å². The molecular formula is C44H85N3Na3O28+3. The van der Waals surface area contributed by atoms with E-state index in [0.29, 0.717) is 0 Å². The van der Waals surface area contributed by atoms with Crippen LogP contribution in [0.25, 0.3) is 0 Å². The summed E-state index contributed by atoms with van der Waals surface area (Å²) in [5.74, 6) is -5.04. The molecule has 14 unspecified atom stereocenters. The number of carbonyl (C=O) groups is 3. The first kappa shape index (κ1) is 82.6. The summed E-state index contributed by atoms with van der Waals surface area (Å²) in [6, 6.07) is 0. The van der Waals surface area contributed by atoms with Gasteiger partial charge >= 0.3 is 88.7 Å². The summed E-state index contributed by atoms with van der Waals surface area (Å²) in [6.07, 6.45) is -17.0. The maximum atomic E-state index is 11.3. The number of nitrogens with zero attached hydrogens (tertiary/aromatic N) is 3. The van der Waals surface area contributed by atoms with Crippen molar-refractivity contribution in [2.24, 2.45) is 5.92 Å². The number of hydrogen-bond acceptors (Lipinski definition) is 28. The van der Waals surface area contributed by atoms with Gasteiger partial charge in [-0.2, -0.15) is 0 Å². The van der Waals surface area contributed by atoms with Crippen molar-refractivity contribution in [3.05, 3.63) is 0 Å². The molecule has 31 nitrogen and oxygen atoms in total. The van der Waals surface area contributed by atoms with Crippen molar-refractivity contribution in [3.8, 4) is 0 Å². The van der Waals surface area contributed by atoms with E-state index in [1.54, 1.807) is 0 Å². The molecule has 2 heterocycles. The summed E-state index contributed by atoms with van der Waals surface area (Å²) in [4.78, 5) is 33.6. The van der Waals surface area contributed by atoms with Crippen molar-refractivity contribution < 1.29 is 242 Å². The van der Waals surface area contributed by atoms with Gasteiger partial charge in [-0.15, -0.1) is 0 Å². The molecule has 0 radical (unpaired) electrons. The van der Waals surface area contributed by atoms with Gasteiger partial charge in [0.15, 0.2) is 12.6 Å². The summed E-state index contributed by atoms with van der Waals surface area (Å²) in [5.41, 5.74) is 0. The largest absolute Gasteiger partial charge is 1.00 e. The predicted molar refractivity (Wildman–Crippen MR) is 243 cm³/mol. The second-order valence-corrected chi connectivity index (χ2v) is 19.0. The minimum atomic E-state index is -1.72. The first-order valence-electron chi connectivity index (χ1n) is 24.5. The second-order valence-electron chi connectivity index (χ2n) is 19.0. The molecule has 2 aliphatic rings. The van der Waals surface area contributed by atoms with E-state index < -0.39 is 169 Å². The zero-order valence-corrected chi connectivity index (χ0v) is 51.6. The molecule has 0 saturated carbocycles. The Morgan fingerprint density at radius 1 is 0.474 bits per heavy atom. The SMILES string of the molecule is CC1C(O)OC(COCC(O)C[N+](CCO)(CCO)CC(=O)[O-])C(O)C1OCC(O)C[N+](CCO)(CCO)CC(=O)[O-].COCC(O)COCC1OC(O)C(O)C(OCC(O)C[N+](CCO)(CCO)CC(=O)[O-])C1O.[Na+].[Na+].[Na+]. The molecule has 0 aliphatic carbocycles. The van der Waals surface area contributed by atoms with Crippen molar-refractivity contribution in [2.75, 3.05) is 172 Å². The fourth-order valence-corrected chi connectivity index (χ4v) is 9.18. The van der Waals surface area contributed by atoms with E-state index in [0.717, 1.165) is 0 Å². The monoisotopic (exact) mass is 1170 g/mol. The fourth-order valence-electron chi connectivity index (χ4n) is 9.18. The number of methoxy groups -OCH3 is 1. The molecule has 2 rings (SSSR count). The number of aliphatic carboxylic acids is 3. The Morgan fingerprint density at radius 2 is 0.782 bits per heavy atom. The molecule has 0 aromatic heterocycles. The van der Waals surface area contributed by atoms with Gasteiger partial charge < -0.3 is 153 Å². The molecule has 14 atom stereocenters. The van der Waals surface area contributed by atoms with Crippen molar-refractivity contribution in [3.63, 3.8) is 0 Å². The molecule has 0 aromatic carbocycles. The Kier molecular flexibility index (Phi) is 46.6. The van der Waals surface area contributed by atoms with Crippen molar-refractivity contribution >= 4 is 17.9 Å². The van der Waals surface area contributed by atoms with Gasteiger partial charge in [-0.25, -0.2) is 0 Å². The Labute approximate surface area is 519 Å². The van der Waals surface area contributed by atoms with Crippen LogP contribution < -0.4 is 104 Å². The molecule has 2 aliphatic heterocycles. The van der Waals surface area contributed by atoms with Crippen LogP contribution in [-0.2, 0) is 47.5 Å². The zero-order valence-electron chi connectivity index (χ0n) is 45.6. The van der Waals surface area contributed by atoms with Gasteiger partial charge in [-0.3, -0.25) is 0 Å². The number of rotatable bonds is 40. The maximum absolute atomic E-state index is 11.3. The van der Waals surface area contributed by atoms with Crippen LogP contribution in [0, 0.1) is 5.92 Å². The van der Waals surface area contributed by atoms with Crippen LogP contribution in [0.3, 0.4) is 0 Å². The van der Waals surface area contributed by atoms with Gasteiger partial charge in [-0.1, -0.05) is 6.92 Å². The van der Waals surface area contributed by atoms with Gasteiger partial charge in [0, 0.05) is 13.0 Å². The average molecular weight is 1170 g/mol. The van der Waals surface area contributed by atoms with E-state index in [1.165, 1.54) is 14.0 Å². The topological polar surface area (TPSA) is 488 Å². The number of carboxylic acid groups (broad SMARTS) is 3. The molecule has 2 saturated heterocycles. The Balaban J connectivity index is -0.00000142. The molecule has 0 bridgehead atoms. The Morgan fingerprint density at radius 3 is 1.12 bits per heavy atom. The van der Waals surface area contributed by atoms with Crippen LogP contribution in [0.5, 0.6) is 0 Å². The molecule has 0 amide bonds. The third kappa shape index (κ3) is 30.5. The van der Waals surface area contributed by atoms with Crippen LogP contribution in [-0.4, -0.2) is 359 Å². The normalized spacial score (nSPS) is 25.2. The quantitative estimate of drug-likeness (QED) is 0.0200. The molecule has 0 spiro atoms. The van der Waals surface area contributed by atoms with E-state index in [9.17, 15) is 106 Å². The van der Waals surface area contributed by atoms with Gasteiger partial charge in [-0.05, 0) is 0 Å². The Hall–Kier alpha value is 0.410. The first-order chi connectivity index (χ1) is 35.4. The molecule has 0 aromatic rings. The molecule has 2 fully saturated rings. The molecular weight excluding hydrogens is 1090 g/mol. The Bertz CT molecular complexity index is 1560. The molecule has 78 heavy (non-hydrogen) atoms. The smallest absolute Gasteiger partial charge is 0.544 e. The predicted octanol–water partition coefficient (Wildman–Crippen LogP) is -23.3. The first-order valence-corrected chi connectivity index (χ1v) is 24.5. The summed E-state index contributed by atoms with van der Waals surface area (Å²) in [7, 11) is 1.40. The van der Waals surface area contributed by atoms with Gasteiger partial charge in [0.25, 0.3) is 0 Å². The summed E-state index contributed by atoms with van der Waals surface area (Å²) < 4.78 is 36.1. The van der Waals surface area contributed by atoms with Gasteiger partial charge in [0.05, 0.1) is 110 Å². The standard InChI is InChI=1S/C25H48N2O15.C19H37NO13.3Na/c1-17-24(41-15-19(33)11-27(4-8-30,5-9-31)13-22(36)37)23(38)20(42-25(17)39)16-40-14-18(32)10-26(2-6-28,3-7-29)12-21(34)35;1-30-8-13(24)9-31-11-14-16(27)18(17(28)19(29)33-14)32-10-12(23)6-20(2-4-21,3-5-22)7-15(25)26;;;/h17-20,23-25,28-33,38-39H,2-16H2,1H3;12-14,16-19,21-24,27-29H,2-11H2,1H3;;;/q;;3*+1. The van der Waals surface area contributed by atoms with Crippen LogP contribution in [0.2, 0.25) is 0 Å². The minimum Gasteiger partial charge on any atom is -0.544 e. The third-order valence-corrected chi connectivity index (χ3v) is 12.8. The summed E-state index contributed by atoms with van der Waals surface area (Å²) >= 11 is 0. The van der Waals surface area contributed by atoms with E-state index in [4.69, 9.17) is 33.2 Å². The molecule has 444 valence electrons. The van der Waals surface area contributed by atoms with E-state index in [1.807, 2.05) is 0 Å². The maximum Gasteiger partial charge on any atom is 1.00 e. The van der Waals surface area contributed by atoms with Crippen molar-refractivity contribution in [2.45, 2.75) is 86.6 Å². The van der Waals surface area contributed by atoms with Crippen molar-refractivity contribution in [1.82, 2.24) is 0 Å². The number of carbonyl (C=O) groups excluding carboxylic acids is 3. The second kappa shape index (κ2) is 43.9. The third-order valence-electron chi connectivity index (χ3n) is 12.8. The molecule has 15 N–H and O–H groups in total. The van der Waals surface area contributed by atoms with Crippen LogP contribution in [0.1, 0.15) is 6.92 Å². The minimum absolute atomic E-state index is 0. The number of aliphatic hydroxyl groups excluding tert-OH is 15. The van der Waals surface area contributed by atoms with Crippen molar-refractivity contribution in [1.29, 1.82) is 0 Å². The number of ether oxygens (including phenoxy) is 7. The number of carboxylic acids is 3. The van der Waals surface area contributed by atoms with E-state index in [-0.39, 0.29) is 201 Å². The molecule has 34 heteroatoms. The van der Waals surface area contributed by atoms with Crippen LogP contribution in [0.15, 0.2) is 0 Å². The fraction of sp³-hybridized carbons (Fsp3) is 0.932. The number of hydrogen-bond donors (Lipinski definition) is 15. The summed E-state index contributed by atoms with van der Waals surface area (Å²) in [5, 5.41) is 183. The van der Waals surface area contributed by atoms with Gasteiger partial charge in [0.2, 0.25) is 0 Å². The van der Waals surface area contributed by atoms with Crippen LogP contribution in [0.4, 0.5) is 0 Å². The van der Waals surface area contributed by atoms with Gasteiger partial charge in [0.1, 0.15) is 140 Å². The number of aliphatic hydroxyl groups is 15. The summed E-state index contributed by atoms with van der Waals surface area (Å²) in [6.45, 7) is -5.37. The van der Waals surface area contributed by atoms with E-state index in [2.05, 4.69) is 0 Å². The number of quaternary nitrogens is 3. The van der Waals surface area contributed by atoms with Crippen LogP contribution >= 0.6 is 0 Å². The average Bonchev–Trinajstić information content (AvgIpc) is 3.29. The zero-order chi connectivity index (χ0) is 56.9.